The number of carbonyl (C=O) groups excluding carboxylic acids is 2. The van der Waals surface area contributed by atoms with Crippen LogP contribution in [0.2, 0.25) is 5.15 Å². The predicted octanol–water partition coefficient (Wildman–Crippen LogP) is 2.28. The summed E-state index contributed by atoms with van der Waals surface area (Å²) in [5.74, 6) is -1.58. The van der Waals surface area contributed by atoms with Gasteiger partial charge >= 0.3 is 0 Å². The smallest absolute Gasteiger partial charge is 0.277 e. The number of rotatable bonds is 9. The fraction of sp³-hybridized carbons (Fsp3) is 0.548. The summed E-state index contributed by atoms with van der Waals surface area (Å²) in [7, 11) is 4.18. The largest absolute Gasteiger partial charge is 0.382 e. The quantitative estimate of drug-likeness (QED) is 0.287. The lowest BCUT2D eigenvalue weighted by Crippen LogP contribution is -2.45. The number of nitrogens with two attached hydrogens (primary N) is 1. The van der Waals surface area contributed by atoms with Gasteiger partial charge in [-0.2, -0.15) is 0 Å². The summed E-state index contributed by atoms with van der Waals surface area (Å²) in [6.07, 6.45) is 3.00. The Morgan fingerprint density at radius 2 is 1.79 bits per heavy atom. The molecule has 2 aliphatic heterocycles. The Morgan fingerprint density at radius 1 is 1.04 bits per heavy atom. The van der Waals surface area contributed by atoms with Gasteiger partial charge < -0.3 is 31.1 Å². The van der Waals surface area contributed by atoms with Crippen molar-refractivity contribution in [2.45, 2.75) is 45.7 Å². The molecule has 2 fully saturated rings. The van der Waals surface area contributed by atoms with Gasteiger partial charge in [-0.05, 0) is 60.3 Å². The highest BCUT2D eigenvalue weighted by Crippen LogP contribution is 2.33. The van der Waals surface area contributed by atoms with E-state index in [1.807, 2.05) is 4.90 Å². The van der Waals surface area contributed by atoms with Crippen molar-refractivity contribution in [2.24, 2.45) is 0 Å². The summed E-state index contributed by atoms with van der Waals surface area (Å²) in [5, 5.41) is 13.7. The Bertz CT molecular complexity index is 1590. The second-order valence-electron chi connectivity index (χ2n) is 12.5. The molecule has 5 rings (SSSR count). The second-order valence-corrected chi connectivity index (χ2v) is 12.9. The molecule has 16 heteroatoms. The zero-order chi connectivity index (χ0) is 33.8. The number of aromatic nitrogens is 5. The van der Waals surface area contributed by atoms with Crippen molar-refractivity contribution in [1.29, 1.82) is 0 Å². The molecule has 254 valence electrons. The van der Waals surface area contributed by atoms with E-state index >= 15 is 4.39 Å². The van der Waals surface area contributed by atoms with Crippen LogP contribution in [-0.4, -0.2) is 130 Å². The maximum Gasteiger partial charge on any atom is 0.277 e. The van der Waals surface area contributed by atoms with Crippen LogP contribution in [0.4, 0.5) is 21.6 Å². The van der Waals surface area contributed by atoms with Crippen LogP contribution >= 0.6 is 11.6 Å². The lowest BCUT2D eigenvalue weighted by atomic mass is 10.1. The van der Waals surface area contributed by atoms with E-state index in [9.17, 15) is 9.59 Å². The summed E-state index contributed by atoms with van der Waals surface area (Å²) in [6, 6.07) is 3.31. The van der Waals surface area contributed by atoms with E-state index in [2.05, 4.69) is 73.6 Å². The first-order valence-electron chi connectivity index (χ1n) is 15.9. The number of hydrogen-bond donors (Lipinski definition) is 3. The number of amides is 2. The lowest BCUT2D eigenvalue weighted by molar-refractivity contribution is 0.0943. The number of anilines is 3. The van der Waals surface area contributed by atoms with Gasteiger partial charge in [0.1, 0.15) is 11.5 Å². The molecular formula is C31H44ClFN12O2. The van der Waals surface area contributed by atoms with Crippen molar-refractivity contribution in [1.82, 2.24) is 45.0 Å². The molecule has 0 saturated carbocycles. The summed E-state index contributed by atoms with van der Waals surface area (Å²) in [5.41, 5.74) is 7.00. The maximum absolute atomic E-state index is 15.9. The third-order valence-electron chi connectivity index (χ3n) is 9.13. The Kier molecular flexibility index (Phi) is 10.9. The van der Waals surface area contributed by atoms with Crippen LogP contribution in [0.25, 0.3) is 5.69 Å². The highest BCUT2D eigenvalue weighted by molar-refractivity contribution is 6.33. The van der Waals surface area contributed by atoms with Gasteiger partial charge in [0, 0.05) is 64.0 Å². The summed E-state index contributed by atoms with van der Waals surface area (Å²) in [6.45, 7) is 12.6. The van der Waals surface area contributed by atoms with Crippen molar-refractivity contribution in [3.05, 3.63) is 46.4 Å². The molecule has 0 aliphatic carbocycles. The van der Waals surface area contributed by atoms with E-state index in [0.29, 0.717) is 42.7 Å². The molecule has 14 nitrogen and oxygen atoms in total. The maximum atomic E-state index is 15.9. The van der Waals surface area contributed by atoms with E-state index in [-0.39, 0.29) is 34.1 Å². The summed E-state index contributed by atoms with van der Waals surface area (Å²) < 4.78 is 17.1. The molecule has 0 radical (unpaired) electrons. The van der Waals surface area contributed by atoms with E-state index in [0.717, 1.165) is 45.6 Å². The topological polar surface area (TPSA) is 154 Å². The Labute approximate surface area is 279 Å². The third-order valence-corrected chi connectivity index (χ3v) is 9.39. The minimum atomic E-state index is -0.656. The number of likely N-dealkylation sites (N-methyl/N-ethyl adjacent to an activating group) is 2. The third kappa shape index (κ3) is 8.15. The Hall–Kier alpha value is -3.92. The number of aryl methyl sites for hydroxylation is 1. The number of nitrogens with one attached hydrogen (secondary N) is 2. The van der Waals surface area contributed by atoms with Crippen LogP contribution in [0.5, 0.6) is 0 Å². The molecule has 4 N–H and O–H groups in total. The molecule has 3 aromatic rings. The molecule has 1 aromatic carbocycles. The van der Waals surface area contributed by atoms with Gasteiger partial charge in [0.05, 0.1) is 23.3 Å². The van der Waals surface area contributed by atoms with Gasteiger partial charge in [0.15, 0.2) is 22.4 Å². The van der Waals surface area contributed by atoms with Crippen LogP contribution in [0.15, 0.2) is 18.3 Å². The van der Waals surface area contributed by atoms with Crippen molar-refractivity contribution >= 4 is 40.6 Å². The number of nitrogens with zero attached hydrogens (tertiary/aromatic N) is 9. The number of halogens is 2. The number of piperazine rings is 1. The van der Waals surface area contributed by atoms with Crippen LogP contribution < -0.4 is 21.3 Å². The number of nitrogen functional groups attached to an aromatic ring is 1. The van der Waals surface area contributed by atoms with Crippen molar-refractivity contribution in [3.63, 3.8) is 0 Å². The normalized spacial score (nSPS) is 19.9. The minimum absolute atomic E-state index is 0.000348. The standard InChI is InChI=1S/C31H44ClFN12O2/c1-19-7-10-44(17-20(2)42(19)5)26-15-22(33)25(16-23(26)37-31(47)27-28(32)36-21(3)29(34)38-27)45-18-24(39-40-45)30(46)35-8-6-9-43-13-11-41(4)12-14-43/h15-16,18-20H,6-14,17H2,1-5H3,(H2,34,38)(H,35,46)(H,37,47)/t19-,20-/m1/s1. The van der Waals surface area contributed by atoms with E-state index in [4.69, 9.17) is 17.3 Å². The van der Waals surface area contributed by atoms with Gasteiger partial charge in [-0.15, -0.1) is 5.10 Å². The molecule has 0 unspecified atom stereocenters. The zero-order valence-electron chi connectivity index (χ0n) is 27.6. The van der Waals surface area contributed by atoms with Crippen LogP contribution in [-0.2, 0) is 0 Å². The van der Waals surface area contributed by atoms with Crippen LogP contribution in [0.1, 0.15) is 53.4 Å². The number of hydrogen-bond acceptors (Lipinski definition) is 11. The number of carbonyl (C=O) groups is 2. The molecule has 4 heterocycles. The van der Waals surface area contributed by atoms with Gasteiger partial charge in [0.25, 0.3) is 11.8 Å². The van der Waals surface area contributed by atoms with Crippen molar-refractivity contribution in [3.8, 4) is 5.69 Å². The van der Waals surface area contributed by atoms with E-state index in [1.54, 1.807) is 6.92 Å². The molecule has 2 amide bonds. The monoisotopic (exact) mass is 670 g/mol. The molecule has 0 bridgehead atoms. The fourth-order valence-corrected chi connectivity index (χ4v) is 6.07. The van der Waals surface area contributed by atoms with Crippen molar-refractivity contribution in [2.75, 3.05) is 82.4 Å². The molecule has 2 atom stereocenters. The first kappa shape index (κ1) is 34.4. The highest BCUT2D eigenvalue weighted by atomic mass is 35.5. The molecular weight excluding hydrogens is 627 g/mol. The van der Waals surface area contributed by atoms with Gasteiger partial charge in [-0.1, -0.05) is 16.8 Å². The lowest BCUT2D eigenvalue weighted by Gasteiger charge is -2.32. The predicted molar refractivity (Wildman–Crippen MR) is 180 cm³/mol. The first-order valence-corrected chi connectivity index (χ1v) is 16.3. The van der Waals surface area contributed by atoms with Crippen LogP contribution in [0.3, 0.4) is 0 Å². The van der Waals surface area contributed by atoms with E-state index in [1.165, 1.54) is 23.0 Å². The van der Waals surface area contributed by atoms with Gasteiger partial charge in [-0.25, -0.2) is 19.0 Å². The van der Waals surface area contributed by atoms with Crippen LogP contribution in [0, 0.1) is 12.7 Å². The van der Waals surface area contributed by atoms with Gasteiger partial charge in [0.2, 0.25) is 0 Å². The molecule has 2 saturated heterocycles. The SMILES string of the molecule is Cc1nc(Cl)c(C(=O)Nc2cc(-n3cc(C(=O)NCCCN4CCN(C)CC4)nn3)c(F)cc2N2CC[C@@H](C)N(C)[C@H](C)C2)nc1N. The average molecular weight is 671 g/mol. The summed E-state index contributed by atoms with van der Waals surface area (Å²) >= 11 is 6.27. The molecule has 2 aromatic heterocycles. The highest BCUT2D eigenvalue weighted by Gasteiger charge is 2.28. The fourth-order valence-electron chi connectivity index (χ4n) is 5.81. The van der Waals surface area contributed by atoms with Crippen molar-refractivity contribution < 1.29 is 14.0 Å². The molecule has 2 aliphatic rings. The van der Waals surface area contributed by atoms with Gasteiger partial charge in [-0.3, -0.25) is 14.5 Å². The molecule has 47 heavy (non-hydrogen) atoms. The Balaban J connectivity index is 1.37. The Morgan fingerprint density at radius 3 is 2.53 bits per heavy atom. The zero-order valence-corrected chi connectivity index (χ0v) is 28.4. The second kappa shape index (κ2) is 14.9. The average Bonchev–Trinajstić information content (AvgIpc) is 3.49. The minimum Gasteiger partial charge on any atom is -0.382 e. The first-order chi connectivity index (χ1) is 22.4. The molecule has 0 spiro atoms. The number of benzene rings is 1. The summed E-state index contributed by atoms with van der Waals surface area (Å²) in [4.78, 5) is 43.6. The van der Waals surface area contributed by atoms with E-state index < -0.39 is 17.6 Å².